The molecule has 0 spiro atoms. The van der Waals surface area contributed by atoms with Crippen LogP contribution in [0.1, 0.15) is 68.1 Å². The Bertz CT molecular complexity index is 1320. The second-order valence-corrected chi connectivity index (χ2v) is 10.5. The summed E-state index contributed by atoms with van der Waals surface area (Å²) in [6.45, 7) is 7.07. The number of nitrogens with one attached hydrogen (secondary N) is 1. The predicted molar refractivity (Wildman–Crippen MR) is 157 cm³/mol. The lowest BCUT2D eigenvalue weighted by molar-refractivity contribution is 0.552. The van der Waals surface area contributed by atoms with Gasteiger partial charge in [-0.25, -0.2) is 9.37 Å². The second-order valence-electron chi connectivity index (χ2n) is 10.5. The third-order valence-corrected chi connectivity index (χ3v) is 7.36. The number of nitrogens with zero attached hydrogens (tertiary/aromatic N) is 3. The van der Waals surface area contributed by atoms with Gasteiger partial charge in [-0.1, -0.05) is 50.7 Å². The maximum atomic E-state index is 13.8. The van der Waals surface area contributed by atoms with Crippen molar-refractivity contribution in [3.8, 4) is 22.5 Å². The lowest BCUT2D eigenvalue weighted by Gasteiger charge is -2.15. The highest BCUT2D eigenvalue weighted by Crippen LogP contribution is 2.37. The van der Waals surface area contributed by atoms with Gasteiger partial charge in [0.1, 0.15) is 5.82 Å². The molecular weight excluding hydrogens is 473 g/mol. The van der Waals surface area contributed by atoms with E-state index in [4.69, 9.17) is 10.7 Å². The van der Waals surface area contributed by atoms with Crippen molar-refractivity contribution >= 4 is 10.9 Å². The minimum absolute atomic E-state index is 0.280. The number of benzene rings is 2. The molecule has 0 aliphatic carbocycles. The highest BCUT2D eigenvalue weighted by molar-refractivity contribution is 5.97. The first-order chi connectivity index (χ1) is 18.5. The summed E-state index contributed by atoms with van der Waals surface area (Å²) >= 11 is 0. The Balaban J connectivity index is 1.41. The fourth-order valence-corrected chi connectivity index (χ4v) is 5.48. The first-order valence-electron chi connectivity index (χ1n) is 14.1. The van der Waals surface area contributed by atoms with E-state index in [0.717, 1.165) is 54.0 Å². The van der Waals surface area contributed by atoms with Gasteiger partial charge < -0.3 is 15.6 Å². The van der Waals surface area contributed by atoms with Gasteiger partial charge in [0.25, 0.3) is 0 Å². The lowest BCUT2D eigenvalue weighted by Crippen LogP contribution is -2.15. The van der Waals surface area contributed by atoms with Crippen LogP contribution in [0.4, 0.5) is 4.39 Å². The van der Waals surface area contributed by atoms with Crippen LogP contribution in [0.2, 0.25) is 0 Å². The topological polar surface area (TPSA) is 68.8 Å². The minimum Gasteiger partial charge on any atom is -0.333 e. The van der Waals surface area contributed by atoms with Crippen molar-refractivity contribution in [1.29, 1.82) is 0 Å². The molecule has 0 fully saturated rings. The zero-order valence-corrected chi connectivity index (χ0v) is 23.2. The largest absolute Gasteiger partial charge is 0.333 e. The molecule has 2 aromatic heterocycles. The lowest BCUT2D eigenvalue weighted by atomic mass is 9.93. The SMILES string of the molecule is Cc1cc(CNCCCCCCCCCCN)cc(C)c1-c1ncn(C)c1-c1ccnc2cc(F)ccc12. The number of hydrogen-bond donors (Lipinski definition) is 2. The van der Waals surface area contributed by atoms with E-state index in [2.05, 4.69) is 36.3 Å². The van der Waals surface area contributed by atoms with E-state index in [9.17, 15) is 4.39 Å². The molecule has 0 bridgehead atoms. The molecule has 2 aromatic carbocycles. The van der Waals surface area contributed by atoms with Crippen LogP contribution in [-0.2, 0) is 13.6 Å². The summed E-state index contributed by atoms with van der Waals surface area (Å²) in [6, 6.07) is 11.3. The second kappa shape index (κ2) is 13.6. The molecule has 0 radical (unpaired) electrons. The van der Waals surface area contributed by atoms with Gasteiger partial charge in [-0.15, -0.1) is 0 Å². The summed E-state index contributed by atoms with van der Waals surface area (Å²) in [7, 11) is 2.01. The zero-order chi connectivity index (χ0) is 26.9. The van der Waals surface area contributed by atoms with E-state index >= 15 is 0 Å². The van der Waals surface area contributed by atoms with Crippen molar-refractivity contribution < 1.29 is 4.39 Å². The number of halogens is 1. The molecule has 6 heteroatoms. The number of hydrogen-bond acceptors (Lipinski definition) is 4. The molecule has 0 amide bonds. The Morgan fingerprint density at radius 1 is 0.868 bits per heavy atom. The van der Waals surface area contributed by atoms with Crippen LogP contribution in [0.15, 0.2) is 48.9 Å². The highest BCUT2D eigenvalue weighted by Gasteiger charge is 2.19. The van der Waals surface area contributed by atoms with Gasteiger partial charge in [-0.2, -0.15) is 0 Å². The normalized spacial score (nSPS) is 11.5. The average molecular weight is 516 g/mol. The summed E-state index contributed by atoms with van der Waals surface area (Å²) in [5.74, 6) is -0.280. The van der Waals surface area contributed by atoms with Crippen LogP contribution in [0.25, 0.3) is 33.4 Å². The molecule has 0 atom stereocenters. The summed E-state index contributed by atoms with van der Waals surface area (Å²) in [5, 5.41) is 4.55. The van der Waals surface area contributed by atoms with Crippen LogP contribution in [0.3, 0.4) is 0 Å². The van der Waals surface area contributed by atoms with Gasteiger partial charge in [-0.3, -0.25) is 4.98 Å². The molecule has 4 rings (SSSR count). The van der Waals surface area contributed by atoms with Crippen LogP contribution < -0.4 is 11.1 Å². The first kappa shape index (κ1) is 27.9. The Hall–Kier alpha value is -3.09. The number of unbranched alkanes of at least 4 members (excludes halogenated alkanes) is 7. The summed E-state index contributed by atoms with van der Waals surface area (Å²) < 4.78 is 15.9. The molecule has 3 N–H and O–H groups in total. The third kappa shape index (κ3) is 6.86. The van der Waals surface area contributed by atoms with Gasteiger partial charge in [0.2, 0.25) is 0 Å². The summed E-state index contributed by atoms with van der Waals surface area (Å²) in [5.41, 5.74) is 14.0. The Kier molecular flexibility index (Phi) is 10.0. The van der Waals surface area contributed by atoms with Crippen molar-refractivity contribution in [2.75, 3.05) is 13.1 Å². The van der Waals surface area contributed by atoms with Crippen LogP contribution in [0, 0.1) is 19.7 Å². The molecule has 202 valence electrons. The number of pyridine rings is 1. The van der Waals surface area contributed by atoms with E-state index in [0.29, 0.717) is 5.52 Å². The van der Waals surface area contributed by atoms with E-state index in [1.54, 1.807) is 6.20 Å². The number of rotatable bonds is 14. The minimum atomic E-state index is -0.280. The number of fused-ring (bicyclic) bond motifs is 1. The molecule has 0 saturated carbocycles. The van der Waals surface area contributed by atoms with Gasteiger partial charge in [0, 0.05) is 42.4 Å². The monoisotopic (exact) mass is 515 g/mol. The third-order valence-electron chi connectivity index (χ3n) is 7.36. The van der Waals surface area contributed by atoms with Gasteiger partial charge in [0.15, 0.2) is 0 Å². The molecule has 5 nitrogen and oxygen atoms in total. The quantitative estimate of drug-likeness (QED) is 0.174. The van der Waals surface area contributed by atoms with Gasteiger partial charge in [-0.05, 0) is 74.7 Å². The number of nitrogens with two attached hydrogens (primary N) is 1. The van der Waals surface area contributed by atoms with Gasteiger partial charge >= 0.3 is 0 Å². The van der Waals surface area contributed by atoms with Crippen LogP contribution in [-0.4, -0.2) is 27.6 Å². The smallest absolute Gasteiger partial charge is 0.125 e. The van der Waals surface area contributed by atoms with E-state index in [1.165, 1.54) is 73.8 Å². The maximum Gasteiger partial charge on any atom is 0.125 e. The Morgan fingerprint density at radius 3 is 2.26 bits per heavy atom. The number of aryl methyl sites for hydroxylation is 3. The fraction of sp³-hybridized carbons (Fsp3) is 0.438. The molecule has 0 aliphatic heterocycles. The van der Waals surface area contributed by atoms with Crippen molar-refractivity contribution in [3.05, 3.63) is 71.4 Å². The van der Waals surface area contributed by atoms with Gasteiger partial charge in [0.05, 0.1) is 23.2 Å². The highest BCUT2D eigenvalue weighted by atomic mass is 19.1. The van der Waals surface area contributed by atoms with E-state index in [-0.39, 0.29) is 5.82 Å². The number of aromatic nitrogens is 3. The summed E-state index contributed by atoms with van der Waals surface area (Å²) in [4.78, 5) is 9.20. The molecule has 2 heterocycles. The Morgan fingerprint density at radius 2 is 1.55 bits per heavy atom. The maximum absolute atomic E-state index is 13.8. The van der Waals surface area contributed by atoms with Crippen molar-refractivity contribution in [1.82, 2.24) is 19.9 Å². The van der Waals surface area contributed by atoms with E-state index in [1.807, 2.05) is 30.1 Å². The molecule has 0 saturated heterocycles. The number of imidazole rings is 1. The average Bonchev–Trinajstić information content (AvgIpc) is 3.26. The zero-order valence-electron chi connectivity index (χ0n) is 23.2. The van der Waals surface area contributed by atoms with Crippen LogP contribution >= 0.6 is 0 Å². The van der Waals surface area contributed by atoms with E-state index < -0.39 is 0 Å². The molecule has 0 unspecified atom stereocenters. The Labute approximate surface area is 226 Å². The molecular formula is C32H42FN5. The van der Waals surface area contributed by atoms with Crippen molar-refractivity contribution in [3.63, 3.8) is 0 Å². The molecule has 0 aliphatic rings. The van der Waals surface area contributed by atoms with Crippen LogP contribution in [0.5, 0.6) is 0 Å². The molecule has 4 aromatic rings. The fourth-order valence-electron chi connectivity index (χ4n) is 5.48. The molecule has 38 heavy (non-hydrogen) atoms. The standard InChI is InChI=1S/C32H42FN5/c1-23-18-25(21-35-16-11-9-7-5-4-6-8-10-15-34)19-24(2)30(23)31-32(38(3)22-37-31)28-14-17-36-29-20-26(33)12-13-27(28)29/h12-14,17-20,22,35H,4-11,15-16,21,34H2,1-3H3. The van der Waals surface area contributed by atoms with Crippen molar-refractivity contribution in [2.45, 2.75) is 71.8 Å². The van der Waals surface area contributed by atoms with Crippen molar-refractivity contribution in [2.24, 2.45) is 12.8 Å². The predicted octanol–water partition coefficient (Wildman–Crippen LogP) is 7.23. The summed E-state index contributed by atoms with van der Waals surface area (Å²) in [6.07, 6.45) is 13.9. The first-order valence-corrected chi connectivity index (χ1v) is 14.1.